The summed E-state index contributed by atoms with van der Waals surface area (Å²) in [5.41, 5.74) is 7.11. The molecule has 1 atom stereocenters. The van der Waals surface area contributed by atoms with Gasteiger partial charge in [-0.3, -0.25) is 9.59 Å². The molecule has 0 bridgehead atoms. The number of nitrogens with one attached hydrogen (secondary N) is 1. The van der Waals surface area contributed by atoms with Crippen molar-refractivity contribution in [3.8, 4) is 0 Å². The molecule has 0 aliphatic rings. The molecule has 0 spiro atoms. The number of anilines is 1. The maximum Gasteiger partial charge on any atom is 0.320 e. The van der Waals surface area contributed by atoms with E-state index in [0.29, 0.717) is 6.42 Å². The monoisotopic (exact) mass is 236 g/mol. The number of carboxylic acids is 1. The highest BCUT2D eigenvalue weighted by Gasteiger charge is 2.11. The summed E-state index contributed by atoms with van der Waals surface area (Å²) in [5, 5.41) is 11.6. The molecule has 0 saturated carbocycles. The van der Waals surface area contributed by atoms with E-state index in [1.807, 2.05) is 0 Å². The fourth-order valence-corrected chi connectivity index (χ4v) is 1.33. The minimum atomic E-state index is -1.01. The van der Waals surface area contributed by atoms with Gasteiger partial charge in [-0.1, -0.05) is 12.1 Å². The lowest BCUT2D eigenvalue weighted by Gasteiger charge is -2.08. The van der Waals surface area contributed by atoms with Crippen LogP contribution in [0.15, 0.2) is 24.3 Å². The predicted octanol–water partition coefficient (Wildman–Crippen LogP) is 0.642. The lowest BCUT2D eigenvalue weighted by Crippen LogP contribution is -2.32. The number of rotatable bonds is 6. The fourth-order valence-electron chi connectivity index (χ4n) is 1.33. The Bertz CT molecular complexity index is 401. The maximum atomic E-state index is 10.8. The first-order valence-corrected chi connectivity index (χ1v) is 5.29. The van der Waals surface area contributed by atoms with Crippen molar-refractivity contribution in [2.45, 2.75) is 19.4 Å². The zero-order valence-electron chi connectivity index (χ0n) is 9.64. The third-order valence-electron chi connectivity index (χ3n) is 2.27. The largest absolute Gasteiger partial charge is 0.480 e. The summed E-state index contributed by atoms with van der Waals surface area (Å²) >= 11 is 0. The van der Waals surface area contributed by atoms with Crippen molar-refractivity contribution in [1.29, 1.82) is 0 Å². The van der Waals surface area contributed by atoms with Crippen LogP contribution in [0.4, 0.5) is 5.69 Å². The molecule has 0 aliphatic carbocycles. The summed E-state index contributed by atoms with van der Waals surface area (Å²) in [5.74, 6) is -0.953. The van der Waals surface area contributed by atoms with Crippen LogP contribution >= 0.6 is 0 Å². The minimum Gasteiger partial charge on any atom is -0.480 e. The number of Topliss-reactive ketones (excluding diaryl/α,β-unsaturated/α-hetero) is 1. The van der Waals surface area contributed by atoms with E-state index >= 15 is 0 Å². The first kappa shape index (κ1) is 13.2. The second-order valence-electron chi connectivity index (χ2n) is 3.90. The molecule has 0 amide bonds. The van der Waals surface area contributed by atoms with Crippen molar-refractivity contribution in [1.82, 2.24) is 0 Å². The maximum absolute atomic E-state index is 10.8. The number of carboxylic acid groups (broad SMARTS) is 1. The van der Waals surface area contributed by atoms with Gasteiger partial charge in [0.1, 0.15) is 11.8 Å². The lowest BCUT2D eigenvalue weighted by atomic mass is 10.1. The van der Waals surface area contributed by atoms with Crippen LogP contribution in [0.3, 0.4) is 0 Å². The standard InChI is InChI=1S/C12H16N2O3/c1-8(15)7-14-10-4-2-9(3-5-10)6-11(13)12(16)17/h2-5,11,14H,6-7,13H2,1H3,(H,16,17). The molecule has 17 heavy (non-hydrogen) atoms. The lowest BCUT2D eigenvalue weighted by molar-refractivity contribution is -0.138. The van der Waals surface area contributed by atoms with E-state index in [9.17, 15) is 9.59 Å². The Labute approximate surface area is 99.6 Å². The van der Waals surface area contributed by atoms with Gasteiger partial charge in [-0.15, -0.1) is 0 Å². The smallest absolute Gasteiger partial charge is 0.320 e. The number of hydrogen-bond acceptors (Lipinski definition) is 4. The van der Waals surface area contributed by atoms with Crippen LogP contribution in [0.2, 0.25) is 0 Å². The van der Waals surface area contributed by atoms with E-state index in [1.54, 1.807) is 24.3 Å². The molecule has 1 aromatic carbocycles. The SMILES string of the molecule is CC(=O)CNc1ccc(CC(N)C(=O)O)cc1. The van der Waals surface area contributed by atoms with Gasteiger partial charge >= 0.3 is 5.97 Å². The summed E-state index contributed by atoms with van der Waals surface area (Å²) in [6, 6.07) is 6.31. The Balaban J connectivity index is 2.55. The zero-order chi connectivity index (χ0) is 12.8. The van der Waals surface area contributed by atoms with Crippen molar-refractivity contribution in [2.75, 3.05) is 11.9 Å². The first-order valence-electron chi connectivity index (χ1n) is 5.29. The highest BCUT2D eigenvalue weighted by molar-refractivity contribution is 5.80. The highest BCUT2D eigenvalue weighted by atomic mass is 16.4. The van der Waals surface area contributed by atoms with Gasteiger partial charge in [-0.2, -0.15) is 0 Å². The molecule has 1 aromatic rings. The molecule has 1 unspecified atom stereocenters. The quantitative estimate of drug-likeness (QED) is 0.674. The van der Waals surface area contributed by atoms with Gasteiger partial charge in [0.25, 0.3) is 0 Å². The van der Waals surface area contributed by atoms with Crippen LogP contribution in [-0.2, 0) is 16.0 Å². The van der Waals surface area contributed by atoms with Crippen LogP contribution in [0.25, 0.3) is 0 Å². The molecule has 92 valence electrons. The zero-order valence-corrected chi connectivity index (χ0v) is 9.64. The number of carbonyl (C=O) groups excluding carboxylic acids is 1. The molecule has 0 radical (unpaired) electrons. The highest BCUT2D eigenvalue weighted by Crippen LogP contribution is 2.10. The van der Waals surface area contributed by atoms with E-state index < -0.39 is 12.0 Å². The molecule has 5 nitrogen and oxygen atoms in total. The van der Waals surface area contributed by atoms with Gasteiger partial charge < -0.3 is 16.2 Å². The van der Waals surface area contributed by atoms with Gasteiger partial charge in [-0.05, 0) is 31.0 Å². The molecular formula is C12H16N2O3. The number of nitrogens with two attached hydrogens (primary N) is 1. The summed E-state index contributed by atoms with van der Waals surface area (Å²) < 4.78 is 0. The van der Waals surface area contributed by atoms with E-state index in [2.05, 4.69) is 5.32 Å². The second kappa shape index (κ2) is 6.00. The Hall–Kier alpha value is -1.88. The summed E-state index contributed by atoms with van der Waals surface area (Å²) in [7, 11) is 0. The topological polar surface area (TPSA) is 92.4 Å². The van der Waals surface area contributed by atoms with Crippen molar-refractivity contribution in [3.63, 3.8) is 0 Å². The van der Waals surface area contributed by atoms with Gasteiger partial charge in [0, 0.05) is 5.69 Å². The Morgan fingerprint density at radius 1 is 1.35 bits per heavy atom. The van der Waals surface area contributed by atoms with Gasteiger partial charge in [-0.25, -0.2) is 0 Å². The molecular weight excluding hydrogens is 220 g/mol. The first-order chi connectivity index (χ1) is 7.99. The Morgan fingerprint density at radius 3 is 2.41 bits per heavy atom. The molecule has 0 saturated heterocycles. The number of aliphatic carboxylic acids is 1. The van der Waals surface area contributed by atoms with Crippen LogP contribution in [-0.4, -0.2) is 29.4 Å². The third kappa shape index (κ3) is 4.65. The third-order valence-corrected chi connectivity index (χ3v) is 2.27. The van der Waals surface area contributed by atoms with Gasteiger partial charge in [0.2, 0.25) is 0 Å². The molecule has 5 heteroatoms. The normalized spacial score (nSPS) is 11.9. The van der Waals surface area contributed by atoms with E-state index in [1.165, 1.54) is 6.92 Å². The molecule has 0 fully saturated rings. The van der Waals surface area contributed by atoms with Crippen LogP contribution < -0.4 is 11.1 Å². The molecule has 0 heterocycles. The van der Waals surface area contributed by atoms with Crippen LogP contribution in [0.1, 0.15) is 12.5 Å². The van der Waals surface area contributed by atoms with Crippen molar-refractivity contribution in [3.05, 3.63) is 29.8 Å². The van der Waals surface area contributed by atoms with E-state index in [4.69, 9.17) is 10.8 Å². The summed E-state index contributed by atoms with van der Waals surface area (Å²) in [6.45, 7) is 1.79. The van der Waals surface area contributed by atoms with E-state index in [0.717, 1.165) is 11.3 Å². The summed E-state index contributed by atoms with van der Waals surface area (Å²) in [4.78, 5) is 21.3. The number of ketones is 1. The number of benzene rings is 1. The van der Waals surface area contributed by atoms with Crippen molar-refractivity contribution >= 4 is 17.4 Å². The molecule has 1 rings (SSSR count). The van der Waals surface area contributed by atoms with Crippen LogP contribution in [0.5, 0.6) is 0 Å². The average molecular weight is 236 g/mol. The fraction of sp³-hybridized carbons (Fsp3) is 0.333. The summed E-state index contributed by atoms with van der Waals surface area (Å²) in [6.07, 6.45) is 0.294. The number of hydrogen-bond donors (Lipinski definition) is 3. The van der Waals surface area contributed by atoms with Gasteiger partial charge in [0.15, 0.2) is 0 Å². The molecule has 0 aromatic heterocycles. The van der Waals surface area contributed by atoms with E-state index in [-0.39, 0.29) is 12.3 Å². The minimum absolute atomic E-state index is 0.0574. The predicted molar refractivity (Wildman–Crippen MR) is 64.9 cm³/mol. The second-order valence-corrected chi connectivity index (χ2v) is 3.90. The Kier molecular flexibility index (Phi) is 4.66. The molecule has 4 N–H and O–H groups in total. The van der Waals surface area contributed by atoms with Crippen molar-refractivity contribution in [2.24, 2.45) is 5.73 Å². The average Bonchev–Trinajstić information content (AvgIpc) is 2.28. The van der Waals surface area contributed by atoms with Crippen LogP contribution in [0, 0.1) is 0 Å². The number of carbonyl (C=O) groups is 2. The van der Waals surface area contributed by atoms with Gasteiger partial charge in [0.05, 0.1) is 6.54 Å². The molecule has 0 aliphatic heterocycles. The van der Waals surface area contributed by atoms with Crippen molar-refractivity contribution < 1.29 is 14.7 Å². The Morgan fingerprint density at radius 2 is 1.94 bits per heavy atom.